The molecule has 0 saturated heterocycles. The molecule has 0 radical (unpaired) electrons. The Labute approximate surface area is 150 Å². The summed E-state index contributed by atoms with van der Waals surface area (Å²) < 4.78 is 5.60. The molecule has 0 fully saturated rings. The van der Waals surface area contributed by atoms with Crippen molar-refractivity contribution in [3.05, 3.63) is 58.7 Å². The quantitative estimate of drug-likeness (QED) is 0.578. The summed E-state index contributed by atoms with van der Waals surface area (Å²) in [5, 5.41) is 29.4. The number of Topliss-reactive ketones (excluding diaryl/α,β-unsaturated/α-hetero) is 2. The summed E-state index contributed by atoms with van der Waals surface area (Å²) >= 11 is 0. The highest BCUT2D eigenvalue weighted by molar-refractivity contribution is 6.47. The topological polar surface area (TPSA) is 104 Å². The van der Waals surface area contributed by atoms with Crippen LogP contribution in [-0.4, -0.2) is 26.9 Å². The lowest BCUT2D eigenvalue weighted by Crippen LogP contribution is -2.31. The number of carbonyl (C=O) groups is 2. The van der Waals surface area contributed by atoms with Crippen molar-refractivity contribution in [1.82, 2.24) is 0 Å². The van der Waals surface area contributed by atoms with Crippen molar-refractivity contribution in [3.8, 4) is 23.0 Å². The van der Waals surface area contributed by atoms with E-state index in [9.17, 15) is 24.9 Å². The van der Waals surface area contributed by atoms with Gasteiger partial charge >= 0.3 is 0 Å². The molecule has 1 atom stereocenters. The fraction of sp³-hybridized carbons (Fsp3) is 0.200. The number of allylic oxidation sites excluding steroid dienone is 2. The molecule has 0 amide bonds. The molecule has 6 heteroatoms. The minimum Gasteiger partial charge on any atom is -0.508 e. The fourth-order valence-electron chi connectivity index (χ4n) is 2.80. The summed E-state index contributed by atoms with van der Waals surface area (Å²) in [7, 11) is 0. The number of hydrogen-bond donors (Lipinski definition) is 3. The van der Waals surface area contributed by atoms with Crippen molar-refractivity contribution in [1.29, 1.82) is 0 Å². The van der Waals surface area contributed by atoms with E-state index in [2.05, 4.69) is 0 Å². The van der Waals surface area contributed by atoms with Gasteiger partial charge in [-0.15, -0.1) is 0 Å². The van der Waals surface area contributed by atoms with Gasteiger partial charge in [0.25, 0.3) is 0 Å². The lowest BCUT2D eigenvalue weighted by atomic mass is 9.93. The van der Waals surface area contributed by atoms with E-state index in [1.54, 1.807) is 6.07 Å². The van der Waals surface area contributed by atoms with Crippen molar-refractivity contribution >= 4 is 11.6 Å². The first-order valence-electron chi connectivity index (χ1n) is 8.04. The van der Waals surface area contributed by atoms with Crippen molar-refractivity contribution in [2.24, 2.45) is 0 Å². The van der Waals surface area contributed by atoms with Crippen LogP contribution in [0, 0.1) is 0 Å². The highest BCUT2D eigenvalue weighted by Crippen LogP contribution is 2.40. The van der Waals surface area contributed by atoms with Crippen LogP contribution in [0.25, 0.3) is 0 Å². The number of hydrogen-bond acceptors (Lipinski definition) is 6. The van der Waals surface area contributed by atoms with E-state index in [-0.39, 0.29) is 22.8 Å². The third-order valence-electron chi connectivity index (χ3n) is 4.14. The second-order valence-corrected chi connectivity index (χ2v) is 6.40. The number of phenols is 3. The normalized spacial score (nSPS) is 16.0. The van der Waals surface area contributed by atoms with E-state index in [1.807, 2.05) is 19.9 Å². The first kappa shape index (κ1) is 17.5. The molecule has 134 valence electrons. The predicted octanol–water partition coefficient (Wildman–Crippen LogP) is 3.20. The summed E-state index contributed by atoms with van der Waals surface area (Å²) in [6.45, 7) is 3.87. The zero-order chi connectivity index (χ0) is 19.0. The summed E-state index contributed by atoms with van der Waals surface area (Å²) in [5.74, 6) is -2.47. The second kappa shape index (κ2) is 6.55. The third-order valence-corrected chi connectivity index (χ3v) is 4.14. The van der Waals surface area contributed by atoms with Gasteiger partial charge in [-0.2, -0.15) is 0 Å². The Kier molecular flexibility index (Phi) is 4.42. The monoisotopic (exact) mass is 354 g/mol. The van der Waals surface area contributed by atoms with Crippen LogP contribution >= 0.6 is 0 Å². The standard InChI is InChI=1S/C20H18O6/c1-10(2)3-4-11-7-12(5-6-14(11)22)20-19(25)18(24)17-15(23)8-13(21)9-16(17)26-20/h3,5-9,20-23H,4H2,1-2H3. The Morgan fingerprint density at radius 3 is 2.50 bits per heavy atom. The minimum absolute atomic E-state index is 0.0592. The van der Waals surface area contributed by atoms with Crippen LogP contribution in [0.3, 0.4) is 0 Å². The molecule has 26 heavy (non-hydrogen) atoms. The first-order valence-corrected chi connectivity index (χ1v) is 8.04. The van der Waals surface area contributed by atoms with Gasteiger partial charge in [0.05, 0.1) is 0 Å². The van der Waals surface area contributed by atoms with E-state index >= 15 is 0 Å². The largest absolute Gasteiger partial charge is 0.508 e. The second-order valence-electron chi connectivity index (χ2n) is 6.40. The maximum atomic E-state index is 12.5. The minimum atomic E-state index is -1.21. The van der Waals surface area contributed by atoms with Gasteiger partial charge in [0.15, 0.2) is 6.10 Å². The van der Waals surface area contributed by atoms with Gasteiger partial charge < -0.3 is 20.1 Å². The van der Waals surface area contributed by atoms with E-state index in [0.717, 1.165) is 11.6 Å². The molecule has 1 aliphatic rings. The highest BCUT2D eigenvalue weighted by Gasteiger charge is 2.39. The van der Waals surface area contributed by atoms with Crippen LogP contribution in [0.15, 0.2) is 42.0 Å². The van der Waals surface area contributed by atoms with Gasteiger partial charge in [-0.05, 0) is 38.0 Å². The van der Waals surface area contributed by atoms with Crippen molar-refractivity contribution in [2.75, 3.05) is 0 Å². The van der Waals surface area contributed by atoms with Gasteiger partial charge in [-0.1, -0.05) is 17.7 Å². The Morgan fingerprint density at radius 1 is 1.08 bits per heavy atom. The number of carbonyl (C=O) groups excluding carboxylic acids is 2. The molecule has 1 aliphatic heterocycles. The van der Waals surface area contributed by atoms with Crippen LogP contribution in [0.2, 0.25) is 0 Å². The Hall–Kier alpha value is -3.28. The smallest absolute Gasteiger partial charge is 0.248 e. The number of benzene rings is 2. The first-order chi connectivity index (χ1) is 12.3. The maximum Gasteiger partial charge on any atom is 0.248 e. The summed E-state index contributed by atoms with van der Waals surface area (Å²) in [6, 6.07) is 6.71. The zero-order valence-corrected chi connectivity index (χ0v) is 14.3. The van der Waals surface area contributed by atoms with Crippen LogP contribution in [0.1, 0.15) is 41.4 Å². The summed E-state index contributed by atoms with van der Waals surface area (Å²) in [5.41, 5.74) is 1.83. The lowest BCUT2D eigenvalue weighted by molar-refractivity contribution is -0.122. The SMILES string of the molecule is CC(C)=CCc1cc(C2Oc3cc(O)cc(O)c3C(=O)C2=O)ccc1O. The van der Waals surface area contributed by atoms with E-state index in [1.165, 1.54) is 18.2 Å². The van der Waals surface area contributed by atoms with Gasteiger partial charge in [0.2, 0.25) is 11.6 Å². The Bertz CT molecular complexity index is 938. The van der Waals surface area contributed by atoms with E-state index in [4.69, 9.17) is 4.74 Å². The maximum absolute atomic E-state index is 12.5. The molecule has 6 nitrogen and oxygen atoms in total. The zero-order valence-electron chi connectivity index (χ0n) is 14.3. The highest BCUT2D eigenvalue weighted by atomic mass is 16.5. The molecule has 3 N–H and O–H groups in total. The van der Waals surface area contributed by atoms with Gasteiger partial charge in [-0.3, -0.25) is 9.59 Å². The van der Waals surface area contributed by atoms with Gasteiger partial charge in [-0.25, -0.2) is 0 Å². The molecule has 0 spiro atoms. The molecular formula is C20H18O6. The molecule has 0 saturated carbocycles. The number of fused-ring (bicyclic) bond motifs is 1. The van der Waals surface area contributed by atoms with Crippen molar-refractivity contribution < 1.29 is 29.6 Å². The Morgan fingerprint density at radius 2 is 1.81 bits per heavy atom. The molecule has 2 aromatic rings. The fourth-order valence-corrected chi connectivity index (χ4v) is 2.80. The average Bonchev–Trinajstić information content (AvgIpc) is 2.56. The number of ether oxygens (including phenoxy) is 1. The number of phenolic OH excluding ortho intramolecular Hbond substituents is 3. The Balaban J connectivity index is 2.02. The average molecular weight is 354 g/mol. The molecule has 1 heterocycles. The summed E-state index contributed by atoms with van der Waals surface area (Å²) in [4.78, 5) is 24.8. The van der Waals surface area contributed by atoms with Crippen LogP contribution in [0.5, 0.6) is 23.0 Å². The lowest BCUT2D eigenvalue weighted by Gasteiger charge is -2.25. The van der Waals surface area contributed by atoms with Gasteiger partial charge in [0.1, 0.15) is 28.6 Å². The predicted molar refractivity (Wildman–Crippen MR) is 93.7 cm³/mol. The van der Waals surface area contributed by atoms with Crippen LogP contribution < -0.4 is 4.74 Å². The molecular weight excluding hydrogens is 336 g/mol. The van der Waals surface area contributed by atoms with Crippen molar-refractivity contribution in [3.63, 3.8) is 0 Å². The number of rotatable bonds is 3. The molecule has 0 aliphatic carbocycles. The van der Waals surface area contributed by atoms with E-state index in [0.29, 0.717) is 17.5 Å². The van der Waals surface area contributed by atoms with Crippen LogP contribution in [0.4, 0.5) is 0 Å². The number of ketones is 2. The van der Waals surface area contributed by atoms with Crippen molar-refractivity contribution in [2.45, 2.75) is 26.4 Å². The molecule has 0 aromatic heterocycles. The van der Waals surface area contributed by atoms with Crippen LogP contribution in [-0.2, 0) is 11.2 Å². The third kappa shape index (κ3) is 3.13. The molecule has 1 unspecified atom stereocenters. The molecule has 0 bridgehead atoms. The molecule has 2 aromatic carbocycles. The molecule has 3 rings (SSSR count). The van der Waals surface area contributed by atoms with Gasteiger partial charge in [0, 0.05) is 17.7 Å². The number of aromatic hydroxyl groups is 3. The summed E-state index contributed by atoms with van der Waals surface area (Å²) in [6.07, 6.45) is 1.19. The van der Waals surface area contributed by atoms with E-state index < -0.39 is 23.4 Å².